The molecule has 10 rings (SSSR count). The van der Waals surface area contributed by atoms with Crippen molar-refractivity contribution >= 4 is 70.2 Å². The van der Waals surface area contributed by atoms with Crippen molar-refractivity contribution < 1.29 is 52.0 Å². The maximum atomic E-state index is 14.9. The molecule has 0 radical (unpaired) electrons. The van der Waals surface area contributed by atoms with E-state index in [-0.39, 0.29) is 54.4 Å². The number of nitrogens with zero attached hydrogens (tertiary/aromatic N) is 8. The molecule has 0 saturated carbocycles. The van der Waals surface area contributed by atoms with Gasteiger partial charge in [-0.05, 0) is 6.42 Å². The molecule has 2 amide bonds. The zero-order valence-corrected chi connectivity index (χ0v) is 35.3. The first-order valence-corrected chi connectivity index (χ1v) is 22.5. The molecule has 4 atom stereocenters. The molecule has 8 heterocycles. The summed E-state index contributed by atoms with van der Waals surface area (Å²) in [6.45, 7) is 3.92. The summed E-state index contributed by atoms with van der Waals surface area (Å²) in [6, 6.07) is 5.39. The maximum absolute atomic E-state index is 14.9. The molecular weight excluding hydrogens is 865 g/mol. The Morgan fingerprint density at radius 2 is 1.17 bits per heavy atom. The molecule has 63 heavy (non-hydrogen) atoms. The number of thioether (sulfide) groups is 2. The number of rotatable bonds is 8. The highest BCUT2D eigenvalue weighted by molar-refractivity contribution is 7.99. The van der Waals surface area contributed by atoms with Crippen LogP contribution in [0.25, 0.3) is 0 Å². The molecule has 2 aromatic heterocycles. The van der Waals surface area contributed by atoms with Crippen LogP contribution in [0.15, 0.2) is 61.4 Å². The zero-order valence-electron chi connectivity index (χ0n) is 33.7. The van der Waals surface area contributed by atoms with Gasteiger partial charge >= 0.3 is 18.2 Å². The first kappa shape index (κ1) is 43.6. The number of hydrogen-bond donors (Lipinski definition) is 2. The summed E-state index contributed by atoms with van der Waals surface area (Å²) in [6.07, 6.45) is 6.84. The number of carbonyl (C=O) groups is 4. The Labute approximate surface area is 368 Å². The second kappa shape index (κ2) is 19.6. The molecule has 4 aromatic rings. The third-order valence-corrected chi connectivity index (χ3v) is 12.9. The van der Waals surface area contributed by atoms with E-state index in [9.17, 15) is 28.0 Å². The Hall–Kier alpha value is -6.00. The highest BCUT2D eigenvalue weighted by Crippen LogP contribution is 2.44. The van der Waals surface area contributed by atoms with Crippen molar-refractivity contribution in [2.75, 3.05) is 88.5 Å². The number of carbonyl (C=O) groups excluding carboxylic acids is 3. The van der Waals surface area contributed by atoms with Crippen molar-refractivity contribution in [1.82, 2.24) is 19.9 Å². The van der Waals surface area contributed by atoms with Crippen LogP contribution in [-0.2, 0) is 9.47 Å². The van der Waals surface area contributed by atoms with E-state index in [0.29, 0.717) is 47.3 Å². The molecular formula is C41H43F2N9O9S2. The van der Waals surface area contributed by atoms with Gasteiger partial charge in [-0.15, -0.1) is 0 Å². The number of hydrogen-bond acceptors (Lipinski definition) is 17. The van der Waals surface area contributed by atoms with E-state index in [1.54, 1.807) is 12.1 Å². The van der Waals surface area contributed by atoms with Crippen LogP contribution < -0.4 is 34.8 Å². The number of Topliss-reactive ketones (excluding diaryl/α,β-unsaturated/α-hetero) is 1. The third-order valence-electron chi connectivity index (χ3n) is 11.0. The highest BCUT2D eigenvalue weighted by Gasteiger charge is 2.48. The summed E-state index contributed by atoms with van der Waals surface area (Å²) in [7, 11) is 0. The Morgan fingerprint density at radius 3 is 1.62 bits per heavy atom. The van der Waals surface area contributed by atoms with Gasteiger partial charge in [-0.1, -0.05) is 0 Å². The minimum atomic E-state index is -1.05. The predicted octanol–water partition coefficient (Wildman–Crippen LogP) is 4.52. The number of cyclic esters (lactones) is 2. The Kier molecular flexibility index (Phi) is 13.6. The SMILES string of the molecule is NC[C@@H]1OC(=O)N2c3cc(F)c(N4CCSCC4)cc3OC[C@@H]12.O=C(CC[C@@H]1OC(=O)N2c3cc(F)c(N4CCSCC4)cc3OC[C@@H]12)c1cnccn1.O=C(O)c1cnccn1. The lowest BCUT2D eigenvalue weighted by Gasteiger charge is -2.34. The lowest BCUT2D eigenvalue weighted by Crippen LogP contribution is -2.46. The molecule has 3 N–H and O–H groups in total. The van der Waals surface area contributed by atoms with Crippen molar-refractivity contribution in [3.05, 3.63) is 84.5 Å². The largest absolute Gasteiger partial charge is 0.489 e. The van der Waals surface area contributed by atoms with Crippen molar-refractivity contribution in [3.63, 3.8) is 0 Å². The number of carboxylic acid groups (broad SMARTS) is 1. The van der Waals surface area contributed by atoms with Gasteiger partial charge in [-0.2, -0.15) is 23.5 Å². The summed E-state index contributed by atoms with van der Waals surface area (Å²) >= 11 is 3.72. The molecule has 332 valence electrons. The van der Waals surface area contributed by atoms with E-state index >= 15 is 0 Å². The smallest absolute Gasteiger partial charge is 0.415 e. The monoisotopic (exact) mass is 907 g/mol. The number of ether oxygens (including phenoxy) is 4. The summed E-state index contributed by atoms with van der Waals surface area (Å²) in [4.78, 5) is 69.1. The number of aromatic carboxylic acids is 1. The Balaban J connectivity index is 0.000000149. The highest BCUT2D eigenvalue weighted by atomic mass is 32.2. The van der Waals surface area contributed by atoms with E-state index < -0.39 is 36.4 Å². The van der Waals surface area contributed by atoms with E-state index in [4.69, 9.17) is 29.8 Å². The third kappa shape index (κ3) is 9.52. The number of fused-ring (bicyclic) bond motifs is 6. The van der Waals surface area contributed by atoms with Crippen molar-refractivity contribution in [1.29, 1.82) is 0 Å². The summed E-state index contributed by atoms with van der Waals surface area (Å²) in [5.41, 5.74) is 7.71. The molecule has 0 aliphatic carbocycles. The van der Waals surface area contributed by atoms with Crippen LogP contribution in [0.3, 0.4) is 0 Å². The molecule has 18 nitrogen and oxygen atoms in total. The van der Waals surface area contributed by atoms with Gasteiger partial charge in [-0.3, -0.25) is 24.6 Å². The number of nitrogens with two attached hydrogens (primary N) is 1. The molecule has 4 saturated heterocycles. The molecule has 0 spiro atoms. The molecule has 6 aliphatic rings. The van der Waals surface area contributed by atoms with Crippen molar-refractivity contribution in [2.45, 2.75) is 37.1 Å². The van der Waals surface area contributed by atoms with Crippen molar-refractivity contribution in [2.24, 2.45) is 5.73 Å². The quantitative estimate of drug-likeness (QED) is 0.233. The van der Waals surface area contributed by atoms with E-state index in [1.807, 2.05) is 33.3 Å². The standard InChI is InChI=1S/C21H21FN4O4S.C15H18FN3O3S.C5H4N2O2/c22-13-9-16-20(10-15(13)25-5-7-31-8-6-25)29-12-17-19(30-21(28)26(16)17)2-1-18(27)14-11-23-3-4-24-14;16-9-5-11-13(6-10(9)18-1-3-23-4-2-18)21-8-12-14(7-17)22-15(20)19(11)12;8-5(9)4-3-6-1-2-7-4/h3-4,9-11,17,19H,1-2,5-8,12H2;5-6,12,14H,1-4,7-8,17H2;1-3H,(H,8,9)/t17-,19-;12-,14-;/m00./s1. The number of benzene rings is 2. The second-order valence-electron chi connectivity index (χ2n) is 14.8. The topological polar surface area (TPSA) is 216 Å². The Morgan fingerprint density at radius 1 is 0.698 bits per heavy atom. The van der Waals surface area contributed by atoms with Gasteiger partial charge in [0.1, 0.15) is 66.3 Å². The van der Waals surface area contributed by atoms with E-state index in [0.717, 1.165) is 49.2 Å². The number of ketones is 1. The fourth-order valence-electron chi connectivity index (χ4n) is 7.88. The van der Waals surface area contributed by atoms with E-state index in [1.165, 1.54) is 59.1 Å². The van der Waals surface area contributed by atoms with Crippen LogP contribution in [0, 0.1) is 11.6 Å². The first-order chi connectivity index (χ1) is 30.6. The summed E-state index contributed by atoms with van der Waals surface area (Å²) in [5.74, 6) is 2.90. The lowest BCUT2D eigenvalue weighted by atomic mass is 10.0. The van der Waals surface area contributed by atoms with Crippen molar-refractivity contribution in [3.8, 4) is 11.5 Å². The maximum Gasteiger partial charge on any atom is 0.415 e. The van der Waals surface area contributed by atoms with E-state index in [2.05, 4.69) is 19.9 Å². The first-order valence-electron chi connectivity index (χ1n) is 20.2. The minimum absolute atomic E-state index is 0.0301. The fourth-order valence-corrected chi connectivity index (χ4v) is 9.68. The number of halogens is 2. The van der Waals surface area contributed by atoms with Gasteiger partial charge in [-0.25, -0.2) is 33.1 Å². The molecule has 0 bridgehead atoms. The number of carboxylic acids is 1. The second-order valence-corrected chi connectivity index (χ2v) is 17.2. The fraction of sp³-hybridized carbons (Fsp3) is 0.415. The summed E-state index contributed by atoms with van der Waals surface area (Å²) < 4.78 is 52.0. The minimum Gasteiger partial charge on any atom is -0.489 e. The summed E-state index contributed by atoms with van der Waals surface area (Å²) in [5, 5.41) is 8.28. The number of amides is 2. The average molecular weight is 908 g/mol. The van der Waals surface area contributed by atoms with Crippen LogP contribution in [-0.4, -0.2) is 142 Å². The van der Waals surface area contributed by atoms with Gasteiger partial charge in [0.2, 0.25) is 0 Å². The number of aromatic nitrogens is 4. The lowest BCUT2D eigenvalue weighted by molar-refractivity contribution is 0.0689. The predicted molar refractivity (Wildman–Crippen MR) is 230 cm³/mol. The molecule has 0 unspecified atom stereocenters. The number of anilines is 4. The average Bonchev–Trinajstić information content (AvgIpc) is 3.84. The van der Waals surface area contributed by atoms with Crippen LogP contribution in [0.4, 0.5) is 41.1 Å². The van der Waals surface area contributed by atoms with Crippen LogP contribution >= 0.6 is 23.5 Å². The van der Waals surface area contributed by atoms with Crippen LogP contribution in [0.2, 0.25) is 0 Å². The van der Waals surface area contributed by atoms with Gasteiger partial charge in [0.05, 0.1) is 35.1 Å². The Bertz CT molecular complexity index is 2310. The van der Waals surface area contributed by atoms with Crippen LogP contribution in [0.1, 0.15) is 33.8 Å². The van der Waals surface area contributed by atoms with Crippen LogP contribution in [0.5, 0.6) is 11.5 Å². The molecule has 4 fully saturated rings. The van der Waals surface area contributed by atoms with Gasteiger partial charge < -0.3 is 39.6 Å². The van der Waals surface area contributed by atoms with Gasteiger partial charge in [0.15, 0.2) is 11.5 Å². The zero-order chi connectivity index (χ0) is 44.0. The normalized spacial score (nSPS) is 22.0. The van der Waals surface area contributed by atoms with Gasteiger partial charge in [0, 0.05) is 111 Å². The van der Waals surface area contributed by atoms with Gasteiger partial charge in [0.25, 0.3) is 0 Å². The molecule has 22 heteroatoms. The molecule has 6 aliphatic heterocycles. The molecule has 2 aromatic carbocycles.